The van der Waals surface area contributed by atoms with Crippen molar-refractivity contribution in [2.45, 2.75) is 6.54 Å². The highest BCUT2D eigenvalue weighted by Crippen LogP contribution is 2.26. The van der Waals surface area contributed by atoms with Crippen LogP contribution in [0.2, 0.25) is 10.0 Å². The van der Waals surface area contributed by atoms with Crippen LogP contribution in [0.15, 0.2) is 42.5 Å². The second-order valence-electron chi connectivity index (χ2n) is 4.96. The highest BCUT2D eigenvalue weighted by atomic mass is 35.5. The van der Waals surface area contributed by atoms with Gasteiger partial charge in [0.15, 0.2) is 6.61 Å². The maximum Gasteiger partial charge on any atom is 0.260 e. The topological polar surface area (TPSA) is 38.8 Å². The van der Waals surface area contributed by atoms with Crippen molar-refractivity contribution in [1.29, 1.82) is 0 Å². The van der Waals surface area contributed by atoms with Crippen LogP contribution in [-0.2, 0) is 11.3 Å². The van der Waals surface area contributed by atoms with Crippen molar-refractivity contribution in [2.75, 3.05) is 20.8 Å². The Hall–Kier alpha value is -1.91. The number of amides is 1. The van der Waals surface area contributed by atoms with Crippen molar-refractivity contribution in [1.82, 2.24) is 4.90 Å². The molecule has 122 valence electrons. The first-order chi connectivity index (χ1) is 11.0. The Bertz CT molecular complexity index is 674. The summed E-state index contributed by atoms with van der Waals surface area (Å²) >= 11 is 11.7. The van der Waals surface area contributed by atoms with Crippen molar-refractivity contribution >= 4 is 29.1 Å². The fourth-order valence-corrected chi connectivity index (χ4v) is 2.20. The maximum absolute atomic E-state index is 12.1. The summed E-state index contributed by atoms with van der Waals surface area (Å²) in [4.78, 5) is 13.7. The van der Waals surface area contributed by atoms with Gasteiger partial charge in [-0.2, -0.15) is 0 Å². The average Bonchev–Trinajstić information content (AvgIpc) is 2.56. The van der Waals surface area contributed by atoms with Gasteiger partial charge in [-0.25, -0.2) is 0 Å². The Kier molecular flexibility index (Phi) is 6.13. The summed E-state index contributed by atoms with van der Waals surface area (Å²) in [7, 11) is 3.34. The lowest BCUT2D eigenvalue weighted by atomic mass is 10.2. The first-order valence-electron chi connectivity index (χ1n) is 6.94. The number of methoxy groups -OCH3 is 1. The van der Waals surface area contributed by atoms with Crippen molar-refractivity contribution in [3.05, 3.63) is 58.1 Å². The first-order valence-corrected chi connectivity index (χ1v) is 7.70. The molecule has 0 aromatic heterocycles. The zero-order valence-corrected chi connectivity index (χ0v) is 14.4. The van der Waals surface area contributed by atoms with E-state index in [4.69, 9.17) is 32.7 Å². The number of rotatable bonds is 6. The van der Waals surface area contributed by atoms with E-state index in [0.29, 0.717) is 22.3 Å². The van der Waals surface area contributed by atoms with Gasteiger partial charge in [-0.05, 0) is 29.8 Å². The van der Waals surface area contributed by atoms with Crippen LogP contribution in [0.4, 0.5) is 0 Å². The Morgan fingerprint density at radius 1 is 1.04 bits per heavy atom. The summed E-state index contributed by atoms with van der Waals surface area (Å²) in [5.41, 5.74) is 1.01. The van der Waals surface area contributed by atoms with Gasteiger partial charge >= 0.3 is 0 Å². The number of benzene rings is 2. The van der Waals surface area contributed by atoms with Crippen LogP contribution in [0.1, 0.15) is 5.56 Å². The molecule has 2 rings (SSSR count). The molecule has 6 heteroatoms. The van der Waals surface area contributed by atoms with Gasteiger partial charge in [0, 0.05) is 19.7 Å². The predicted molar refractivity (Wildman–Crippen MR) is 91.4 cm³/mol. The van der Waals surface area contributed by atoms with E-state index < -0.39 is 0 Å². The lowest BCUT2D eigenvalue weighted by molar-refractivity contribution is -0.132. The van der Waals surface area contributed by atoms with Gasteiger partial charge in [-0.3, -0.25) is 4.79 Å². The Morgan fingerprint density at radius 3 is 2.30 bits per heavy atom. The monoisotopic (exact) mass is 353 g/mol. The minimum atomic E-state index is -0.133. The smallest absolute Gasteiger partial charge is 0.260 e. The molecule has 1 amide bonds. The lowest BCUT2D eigenvalue weighted by Gasteiger charge is -2.18. The summed E-state index contributed by atoms with van der Waals surface area (Å²) in [6.07, 6.45) is 0. The first kappa shape index (κ1) is 17.4. The molecule has 0 saturated heterocycles. The van der Waals surface area contributed by atoms with Gasteiger partial charge in [0.1, 0.15) is 11.5 Å². The van der Waals surface area contributed by atoms with E-state index in [1.807, 2.05) is 24.3 Å². The van der Waals surface area contributed by atoms with E-state index in [1.165, 1.54) is 0 Å². The molecule has 0 saturated carbocycles. The molecule has 0 heterocycles. The normalized spacial score (nSPS) is 10.3. The van der Waals surface area contributed by atoms with Crippen LogP contribution >= 0.6 is 23.2 Å². The van der Waals surface area contributed by atoms with Crippen molar-refractivity contribution < 1.29 is 14.3 Å². The zero-order chi connectivity index (χ0) is 16.8. The minimum Gasteiger partial charge on any atom is -0.497 e. The number of halogens is 2. The van der Waals surface area contributed by atoms with Crippen LogP contribution in [0, 0.1) is 0 Å². The molecule has 0 N–H and O–H groups in total. The predicted octanol–water partition coefficient (Wildman–Crippen LogP) is 4.04. The minimum absolute atomic E-state index is 0.0649. The molecule has 0 spiro atoms. The molecule has 0 aliphatic carbocycles. The third-order valence-electron chi connectivity index (χ3n) is 3.26. The highest BCUT2D eigenvalue weighted by Gasteiger charge is 2.11. The molecule has 2 aromatic carbocycles. The van der Waals surface area contributed by atoms with Gasteiger partial charge in [0.05, 0.1) is 17.2 Å². The molecule has 0 aliphatic rings. The molecule has 0 unspecified atom stereocenters. The van der Waals surface area contributed by atoms with Crippen LogP contribution in [0.5, 0.6) is 11.5 Å². The van der Waals surface area contributed by atoms with Crippen molar-refractivity contribution in [2.24, 2.45) is 0 Å². The van der Waals surface area contributed by atoms with Crippen LogP contribution in [0.25, 0.3) is 0 Å². The van der Waals surface area contributed by atoms with Crippen molar-refractivity contribution in [3.8, 4) is 11.5 Å². The number of hydrogen-bond donors (Lipinski definition) is 0. The third kappa shape index (κ3) is 5.05. The molecular weight excluding hydrogens is 337 g/mol. The average molecular weight is 354 g/mol. The second kappa shape index (κ2) is 8.09. The molecular formula is C17H17Cl2NO3. The summed E-state index contributed by atoms with van der Waals surface area (Å²) in [6, 6.07) is 12.4. The van der Waals surface area contributed by atoms with Gasteiger partial charge < -0.3 is 14.4 Å². The quantitative estimate of drug-likeness (QED) is 0.786. The van der Waals surface area contributed by atoms with E-state index in [-0.39, 0.29) is 12.5 Å². The van der Waals surface area contributed by atoms with Gasteiger partial charge in [0.2, 0.25) is 0 Å². The maximum atomic E-state index is 12.1. The van der Waals surface area contributed by atoms with Crippen molar-refractivity contribution in [3.63, 3.8) is 0 Å². The number of carbonyl (C=O) groups excluding carboxylic acids is 1. The summed E-state index contributed by atoms with van der Waals surface area (Å²) in [6.45, 7) is 0.429. The number of nitrogens with zero attached hydrogens (tertiary/aromatic N) is 1. The standard InChI is InChI=1S/C17H17Cl2NO3/c1-20(10-12-3-5-13(22-2)6-4-12)17(21)11-23-14-7-8-15(18)16(19)9-14/h3-9H,10-11H2,1-2H3. The molecule has 0 fully saturated rings. The van der Waals surface area contributed by atoms with E-state index in [9.17, 15) is 4.79 Å². The molecule has 0 radical (unpaired) electrons. The summed E-state index contributed by atoms with van der Waals surface area (Å²) in [5.74, 6) is 1.16. The Morgan fingerprint density at radius 2 is 1.70 bits per heavy atom. The van der Waals surface area contributed by atoms with Gasteiger partial charge in [-0.15, -0.1) is 0 Å². The van der Waals surface area contributed by atoms with Gasteiger partial charge in [-0.1, -0.05) is 35.3 Å². The zero-order valence-electron chi connectivity index (χ0n) is 12.9. The fourth-order valence-electron chi connectivity index (χ4n) is 1.91. The number of likely N-dealkylation sites (N-methyl/N-ethyl adjacent to an activating group) is 1. The SMILES string of the molecule is COc1ccc(CN(C)C(=O)COc2ccc(Cl)c(Cl)c2)cc1. The van der Waals surface area contributed by atoms with E-state index in [1.54, 1.807) is 37.3 Å². The number of ether oxygens (including phenoxy) is 2. The summed E-state index contributed by atoms with van der Waals surface area (Å²) < 4.78 is 10.6. The Labute approximate surface area is 145 Å². The lowest BCUT2D eigenvalue weighted by Crippen LogP contribution is -2.30. The van der Waals surface area contributed by atoms with Gasteiger partial charge in [0.25, 0.3) is 5.91 Å². The van der Waals surface area contributed by atoms with E-state index in [2.05, 4.69) is 0 Å². The molecule has 0 bridgehead atoms. The fraction of sp³-hybridized carbons (Fsp3) is 0.235. The molecule has 2 aromatic rings. The molecule has 0 atom stereocenters. The second-order valence-corrected chi connectivity index (χ2v) is 5.78. The number of carbonyl (C=O) groups is 1. The molecule has 23 heavy (non-hydrogen) atoms. The Balaban J connectivity index is 1.87. The van der Waals surface area contributed by atoms with E-state index in [0.717, 1.165) is 11.3 Å². The van der Waals surface area contributed by atoms with Crippen LogP contribution in [-0.4, -0.2) is 31.6 Å². The largest absolute Gasteiger partial charge is 0.497 e. The highest BCUT2D eigenvalue weighted by molar-refractivity contribution is 6.42. The van der Waals surface area contributed by atoms with Crippen LogP contribution in [0.3, 0.4) is 0 Å². The molecule has 0 aliphatic heterocycles. The van der Waals surface area contributed by atoms with E-state index >= 15 is 0 Å². The third-order valence-corrected chi connectivity index (χ3v) is 4.00. The van der Waals surface area contributed by atoms with Crippen LogP contribution < -0.4 is 9.47 Å². The number of hydrogen-bond acceptors (Lipinski definition) is 3. The molecule has 4 nitrogen and oxygen atoms in total. The summed E-state index contributed by atoms with van der Waals surface area (Å²) in [5, 5.41) is 0.838.